The Kier molecular flexibility index (Phi) is 5.14. The molecule has 0 spiro atoms. The molecular weight excluding hydrogens is 210 g/mol. The average molecular weight is 233 g/mol. The molecule has 1 aliphatic heterocycles. The lowest BCUT2D eigenvalue weighted by Crippen LogP contribution is -2.66. The number of piperidine rings is 1. The highest BCUT2D eigenvalue weighted by atomic mass is 16.4. The topological polar surface area (TPSA) is 84.2 Å². The highest BCUT2D eigenvalue weighted by Gasteiger charge is 2.44. The van der Waals surface area contributed by atoms with E-state index in [-0.39, 0.29) is 12.6 Å². The fraction of sp³-hybridized carbons (Fsp3) is 1.00. The Hall–Kier alpha value is -0.200. The molecule has 0 unspecified atom stereocenters. The Morgan fingerprint density at radius 1 is 1.06 bits per heavy atom. The van der Waals surface area contributed by atoms with Gasteiger partial charge in [0.05, 0.1) is 18.8 Å². The minimum absolute atomic E-state index is 0.209. The summed E-state index contributed by atoms with van der Waals surface area (Å²) in [6, 6.07) is -0.734. The first-order valence-electron chi connectivity index (χ1n) is 5.95. The zero-order valence-electron chi connectivity index (χ0n) is 9.95. The van der Waals surface area contributed by atoms with Gasteiger partial charge in [-0.2, -0.15) is 0 Å². The Morgan fingerprint density at radius 2 is 1.69 bits per heavy atom. The van der Waals surface area contributed by atoms with E-state index in [1.807, 2.05) is 4.90 Å². The van der Waals surface area contributed by atoms with E-state index in [0.717, 1.165) is 12.8 Å². The van der Waals surface area contributed by atoms with Gasteiger partial charge in [0.25, 0.3) is 0 Å². The van der Waals surface area contributed by atoms with E-state index in [4.69, 9.17) is 0 Å². The molecule has 96 valence electrons. The van der Waals surface area contributed by atoms with E-state index in [0.29, 0.717) is 6.54 Å². The molecule has 4 N–H and O–H groups in total. The van der Waals surface area contributed by atoms with Crippen LogP contribution in [0.15, 0.2) is 0 Å². The summed E-state index contributed by atoms with van der Waals surface area (Å²) in [7, 11) is 0. The summed E-state index contributed by atoms with van der Waals surface area (Å²) in [5, 5.41) is 38.4. The number of aliphatic hydroxyl groups excluding tert-OH is 4. The van der Waals surface area contributed by atoms with Crippen LogP contribution in [0, 0.1) is 0 Å². The zero-order valence-corrected chi connectivity index (χ0v) is 9.95. The second-order valence-corrected chi connectivity index (χ2v) is 4.55. The van der Waals surface area contributed by atoms with E-state index in [1.165, 1.54) is 0 Å². The standard InChI is InChI=1S/C11H23NO4/c1-3-4-5-12-7(2)9(14)11(16)10(15)8(12)6-13/h7-11,13-16H,3-6H2,1-2H3/t7-,8-,9+,10-,11-/m1/s1. The Labute approximate surface area is 96.3 Å². The quantitative estimate of drug-likeness (QED) is 0.497. The zero-order chi connectivity index (χ0) is 12.3. The minimum Gasteiger partial charge on any atom is -0.395 e. The lowest BCUT2D eigenvalue weighted by Gasteiger charge is -2.47. The van der Waals surface area contributed by atoms with Gasteiger partial charge in [0.2, 0.25) is 0 Å². The summed E-state index contributed by atoms with van der Waals surface area (Å²) >= 11 is 0. The maximum absolute atomic E-state index is 9.78. The Morgan fingerprint density at radius 3 is 2.19 bits per heavy atom. The maximum Gasteiger partial charge on any atom is 0.109 e. The fourth-order valence-corrected chi connectivity index (χ4v) is 2.33. The molecule has 5 atom stereocenters. The molecule has 1 rings (SSSR count). The third-order valence-electron chi connectivity index (χ3n) is 3.49. The smallest absolute Gasteiger partial charge is 0.109 e. The molecule has 1 heterocycles. The Bertz CT molecular complexity index is 214. The van der Waals surface area contributed by atoms with Gasteiger partial charge in [-0.25, -0.2) is 0 Å². The molecule has 0 radical (unpaired) electrons. The van der Waals surface area contributed by atoms with Crippen molar-refractivity contribution in [1.29, 1.82) is 0 Å². The van der Waals surface area contributed by atoms with Crippen molar-refractivity contribution in [2.24, 2.45) is 0 Å². The predicted octanol–water partition coefficient (Wildman–Crippen LogP) is -1.07. The van der Waals surface area contributed by atoms with Crippen LogP contribution < -0.4 is 0 Å². The first-order chi connectivity index (χ1) is 7.54. The van der Waals surface area contributed by atoms with Crippen LogP contribution in [-0.2, 0) is 0 Å². The minimum atomic E-state index is -1.18. The molecule has 0 bridgehead atoms. The van der Waals surface area contributed by atoms with Gasteiger partial charge < -0.3 is 20.4 Å². The highest BCUT2D eigenvalue weighted by Crippen LogP contribution is 2.24. The number of hydrogen-bond acceptors (Lipinski definition) is 5. The second-order valence-electron chi connectivity index (χ2n) is 4.55. The molecule has 0 aliphatic carbocycles. The number of likely N-dealkylation sites (tertiary alicyclic amines) is 1. The molecule has 0 saturated carbocycles. The van der Waals surface area contributed by atoms with E-state index in [1.54, 1.807) is 6.92 Å². The highest BCUT2D eigenvalue weighted by molar-refractivity contribution is 4.98. The lowest BCUT2D eigenvalue weighted by atomic mass is 9.88. The van der Waals surface area contributed by atoms with Crippen LogP contribution in [-0.4, -0.2) is 68.9 Å². The van der Waals surface area contributed by atoms with E-state index >= 15 is 0 Å². The average Bonchev–Trinajstić information content (AvgIpc) is 2.29. The lowest BCUT2D eigenvalue weighted by molar-refractivity contribution is -0.167. The van der Waals surface area contributed by atoms with Crippen molar-refractivity contribution in [3.63, 3.8) is 0 Å². The number of hydrogen-bond donors (Lipinski definition) is 4. The fourth-order valence-electron chi connectivity index (χ4n) is 2.33. The van der Waals surface area contributed by atoms with Crippen molar-refractivity contribution < 1.29 is 20.4 Å². The third-order valence-corrected chi connectivity index (χ3v) is 3.49. The van der Waals surface area contributed by atoms with E-state index in [2.05, 4.69) is 6.92 Å². The van der Waals surface area contributed by atoms with Gasteiger partial charge in [-0.1, -0.05) is 13.3 Å². The largest absolute Gasteiger partial charge is 0.395 e. The van der Waals surface area contributed by atoms with Gasteiger partial charge in [0.15, 0.2) is 0 Å². The van der Waals surface area contributed by atoms with Gasteiger partial charge >= 0.3 is 0 Å². The van der Waals surface area contributed by atoms with Crippen molar-refractivity contribution in [2.45, 2.75) is 57.1 Å². The van der Waals surface area contributed by atoms with Crippen LogP contribution in [0.4, 0.5) is 0 Å². The molecule has 1 fully saturated rings. The molecule has 16 heavy (non-hydrogen) atoms. The third kappa shape index (κ3) is 2.55. The van der Waals surface area contributed by atoms with Crippen molar-refractivity contribution in [3.8, 4) is 0 Å². The molecule has 0 amide bonds. The summed E-state index contributed by atoms with van der Waals surface area (Å²) in [6.45, 7) is 4.37. The summed E-state index contributed by atoms with van der Waals surface area (Å²) < 4.78 is 0. The first-order valence-corrected chi connectivity index (χ1v) is 5.95. The molecule has 5 heteroatoms. The monoisotopic (exact) mass is 233 g/mol. The molecule has 0 aromatic heterocycles. The summed E-state index contributed by atoms with van der Waals surface area (Å²) in [5.74, 6) is 0. The van der Waals surface area contributed by atoms with Crippen molar-refractivity contribution in [2.75, 3.05) is 13.2 Å². The van der Waals surface area contributed by atoms with Crippen molar-refractivity contribution in [1.82, 2.24) is 4.90 Å². The molecule has 0 aromatic carbocycles. The summed E-state index contributed by atoms with van der Waals surface area (Å²) in [6.07, 6.45) is -1.28. The summed E-state index contributed by atoms with van der Waals surface area (Å²) in [5.41, 5.74) is 0. The second kappa shape index (κ2) is 5.93. The van der Waals surface area contributed by atoms with E-state index < -0.39 is 24.4 Å². The normalized spacial score (nSPS) is 41.2. The number of nitrogens with zero attached hydrogens (tertiary/aromatic N) is 1. The van der Waals surface area contributed by atoms with Crippen LogP contribution in [0.2, 0.25) is 0 Å². The molecule has 1 saturated heterocycles. The SMILES string of the molecule is CCCCN1[C@H](C)[C@H](O)[C@@H](O)[C@H](O)[C@H]1CO. The molecule has 0 aromatic rings. The van der Waals surface area contributed by atoms with Crippen molar-refractivity contribution in [3.05, 3.63) is 0 Å². The first kappa shape index (κ1) is 13.9. The molecular formula is C11H23NO4. The molecule has 5 nitrogen and oxygen atoms in total. The predicted molar refractivity (Wildman–Crippen MR) is 60.0 cm³/mol. The summed E-state index contributed by atoms with van der Waals surface area (Å²) in [4.78, 5) is 1.88. The van der Waals surface area contributed by atoms with Gasteiger partial charge in [-0.15, -0.1) is 0 Å². The molecule has 1 aliphatic rings. The van der Waals surface area contributed by atoms with Crippen LogP contribution >= 0.6 is 0 Å². The Balaban J connectivity index is 2.76. The van der Waals surface area contributed by atoms with Crippen LogP contribution in [0.5, 0.6) is 0 Å². The van der Waals surface area contributed by atoms with Gasteiger partial charge in [0.1, 0.15) is 12.2 Å². The van der Waals surface area contributed by atoms with Crippen LogP contribution in [0.25, 0.3) is 0 Å². The van der Waals surface area contributed by atoms with Crippen molar-refractivity contribution >= 4 is 0 Å². The van der Waals surface area contributed by atoms with Gasteiger partial charge in [-0.05, 0) is 19.9 Å². The maximum atomic E-state index is 9.78. The number of aliphatic hydroxyl groups is 4. The van der Waals surface area contributed by atoms with Crippen LogP contribution in [0.1, 0.15) is 26.7 Å². The van der Waals surface area contributed by atoms with Gasteiger partial charge in [0, 0.05) is 6.04 Å². The van der Waals surface area contributed by atoms with Crippen LogP contribution in [0.3, 0.4) is 0 Å². The number of rotatable bonds is 4. The van der Waals surface area contributed by atoms with E-state index in [9.17, 15) is 20.4 Å². The number of unbranched alkanes of at least 4 members (excludes halogenated alkanes) is 1. The van der Waals surface area contributed by atoms with Gasteiger partial charge in [-0.3, -0.25) is 4.90 Å².